The number of nitrogens with zero attached hydrogens (tertiary/aromatic N) is 4. The summed E-state index contributed by atoms with van der Waals surface area (Å²) in [6.45, 7) is 1.81. The highest BCUT2D eigenvalue weighted by molar-refractivity contribution is 5.92. The lowest BCUT2D eigenvalue weighted by Gasteiger charge is -2.20. The van der Waals surface area contributed by atoms with Gasteiger partial charge in [-0.3, -0.25) is 9.78 Å². The van der Waals surface area contributed by atoms with E-state index in [4.69, 9.17) is 9.47 Å². The van der Waals surface area contributed by atoms with E-state index in [1.807, 2.05) is 36.9 Å². The van der Waals surface area contributed by atoms with Crippen LogP contribution in [0, 0.1) is 6.92 Å². The summed E-state index contributed by atoms with van der Waals surface area (Å²) in [6.07, 6.45) is 6.50. The lowest BCUT2D eigenvalue weighted by atomic mass is 10.0. The van der Waals surface area contributed by atoms with Crippen molar-refractivity contribution in [3.05, 3.63) is 65.8 Å². The Balaban J connectivity index is 2.01. The summed E-state index contributed by atoms with van der Waals surface area (Å²) < 4.78 is 12.6. The van der Waals surface area contributed by atoms with Gasteiger partial charge in [0.2, 0.25) is 0 Å². The van der Waals surface area contributed by atoms with E-state index < -0.39 is 6.04 Å². The van der Waals surface area contributed by atoms with Gasteiger partial charge in [0.05, 0.1) is 26.1 Å². The molecule has 1 atom stereocenters. The molecule has 1 amide bonds. The summed E-state index contributed by atoms with van der Waals surface area (Å²) in [5, 5.41) is 2.98. The number of methoxy groups -OCH3 is 2. The number of aromatic nitrogens is 4. The molecule has 140 valence electrons. The number of aryl methyl sites for hydroxylation is 2. The second kappa shape index (κ2) is 7.86. The molecule has 0 radical (unpaired) electrons. The van der Waals surface area contributed by atoms with Crippen molar-refractivity contribution in [2.45, 2.75) is 13.0 Å². The van der Waals surface area contributed by atoms with E-state index in [1.165, 1.54) is 6.20 Å². The van der Waals surface area contributed by atoms with Crippen molar-refractivity contribution >= 4 is 5.91 Å². The summed E-state index contributed by atoms with van der Waals surface area (Å²) in [4.78, 5) is 25.4. The Morgan fingerprint density at radius 1 is 1.07 bits per heavy atom. The molecule has 3 aromatic rings. The van der Waals surface area contributed by atoms with E-state index in [1.54, 1.807) is 32.7 Å². The highest BCUT2D eigenvalue weighted by Gasteiger charge is 2.23. The number of rotatable bonds is 6. The van der Waals surface area contributed by atoms with Gasteiger partial charge in [0.1, 0.15) is 29.1 Å². The molecule has 27 heavy (non-hydrogen) atoms. The van der Waals surface area contributed by atoms with Crippen LogP contribution in [0.25, 0.3) is 0 Å². The molecule has 0 unspecified atom stereocenters. The van der Waals surface area contributed by atoms with Gasteiger partial charge in [0.15, 0.2) is 0 Å². The van der Waals surface area contributed by atoms with Crippen molar-refractivity contribution in [1.82, 2.24) is 24.8 Å². The number of carbonyl (C=O) groups is 1. The van der Waals surface area contributed by atoms with Gasteiger partial charge in [0, 0.05) is 31.7 Å². The second-order valence-corrected chi connectivity index (χ2v) is 5.99. The zero-order valence-corrected chi connectivity index (χ0v) is 15.6. The van der Waals surface area contributed by atoms with Gasteiger partial charge in [0.25, 0.3) is 5.91 Å². The highest BCUT2D eigenvalue weighted by Crippen LogP contribution is 2.29. The van der Waals surface area contributed by atoms with Crippen molar-refractivity contribution in [1.29, 1.82) is 0 Å². The maximum atomic E-state index is 12.7. The molecule has 3 rings (SSSR count). The monoisotopic (exact) mass is 367 g/mol. The van der Waals surface area contributed by atoms with Crippen LogP contribution in [0.1, 0.15) is 33.6 Å². The number of imidazole rings is 1. The summed E-state index contributed by atoms with van der Waals surface area (Å²) in [6, 6.07) is 4.92. The van der Waals surface area contributed by atoms with Crippen LogP contribution >= 0.6 is 0 Å². The fourth-order valence-corrected chi connectivity index (χ4v) is 2.66. The molecule has 0 fully saturated rings. The number of carbonyl (C=O) groups excluding carboxylic acids is 1. The molecule has 0 aliphatic heterocycles. The minimum Gasteiger partial charge on any atom is -0.497 e. The van der Waals surface area contributed by atoms with Crippen LogP contribution in [-0.2, 0) is 7.05 Å². The number of hydrogen-bond acceptors (Lipinski definition) is 6. The number of ether oxygens (including phenoxy) is 2. The van der Waals surface area contributed by atoms with Crippen LogP contribution in [-0.4, -0.2) is 39.6 Å². The molecule has 0 saturated carbocycles. The molecule has 0 aliphatic carbocycles. The molecule has 1 aromatic carbocycles. The van der Waals surface area contributed by atoms with Crippen LogP contribution in [0.2, 0.25) is 0 Å². The third-order valence-electron chi connectivity index (χ3n) is 4.11. The van der Waals surface area contributed by atoms with Crippen molar-refractivity contribution in [3.63, 3.8) is 0 Å². The standard InChI is InChI=1S/C19H21N5O3/c1-12-10-22-16(11-21-12)19(25)23-17(18-20-5-6-24(18)2)13-7-14(26-3)9-15(8-13)27-4/h5-11,17H,1-4H3,(H,23,25)/t17-/m0/s1. The Morgan fingerprint density at radius 3 is 2.30 bits per heavy atom. The van der Waals surface area contributed by atoms with Gasteiger partial charge in [-0.05, 0) is 24.6 Å². The zero-order chi connectivity index (χ0) is 19.4. The molecule has 1 N–H and O–H groups in total. The first-order valence-corrected chi connectivity index (χ1v) is 8.31. The number of hydrogen-bond donors (Lipinski definition) is 1. The molecule has 2 heterocycles. The van der Waals surface area contributed by atoms with Crippen LogP contribution in [0.4, 0.5) is 0 Å². The topological polar surface area (TPSA) is 91.2 Å². The van der Waals surface area contributed by atoms with Crippen molar-refractivity contribution in [2.75, 3.05) is 14.2 Å². The van der Waals surface area contributed by atoms with E-state index in [0.717, 1.165) is 11.3 Å². The molecule has 0 spiro atoms. The van der Waals surface area contributed by atoms with Crippen LogP contribution < -0.4 is 14.8 Å². The van der Waals surface area contributed by atoms with Gasteiger partial charge in [-0.25, -0.2) is 9.97 Å². The van der Waals surface area contributed by atoms with Gasteiger partial charge in [-0.1, -0.05) is 0 Å². The quantitative estimate of drug-likeness (QED) is 0.717. The lowest BCUT2D eigenvalue weighted by Crippen LogP contribution is -2.31. The third kappa shape index (κ3) is 4.05. The van der Waals surface area contributed by atoms with Gasteiger partial charge in [-0.2, -0.15) is 0 Å². The van der Waals surface area contributed by atoms with Gasteiger partial charge >= 0.3 is 0 Å². The zero-order valence-electron chi connectivity index (χ0n) is 15.6. The average molecular weight is 367 g/mol. The van der Waals surface area contributed by atoms with E-state index in [0.29, 0.717) is 17.3 Å². The van der Waals surface area contributed by atoms with E-state index in [-0.39, 0.29) is 11.6 Å². The molecule has 0 saturated heterocycles. The Morgan fingerprint density at radius 2 is 1.78 bits per heavy atom. The van der Waals surface area contributed by atoms with Crippen LogP contribution in [0.15, 0.2) is 43.0 Å². The molecule has 0 aliphatic rings. The Labute approximate surface area is 157 Å². The molecule has 8 nitrogen and oxygen atoms in total. The first-order valence-electron chi connectivity index (χ1n) is 8.31. The van der Waals surface area contributed by atoms with Crippen LogP contribution in [0.3, 0.4) is 0 Å². The van der Waals surface area contributed by atoms with Gasteiger partial charge in [-0.15, -0.1) is 0 Å². The molecule has 8 heteroatoms. The molecular formula is C19H21N5O3. The summed E-state index contributed by atoms with van der Waals surface area (Å²) in [5.41, 5.74) is 1.74. The SMILES string of the molecule is COc1cc(OC)cc([C@H](NC(=O)c2cnc(C)cn2)c2nccn2C)c1. The molecule has 2 aromatic heterocycles. The Kier molecular flexibility index (Phi) is 5.35. The average Bonchev–Trinajstić information content (AvgIpc) is 3.11. The smallest absolute Gasteiger partial charge is 0.272 e. The normalized spacial score (nSPS) is 11.7. The van der Waals surface area contributed by atoms with Crippen molar-refractivity contribution < 1.29 is 14.3 Å². The fourth-order valence-electron chi connectivity index (χ4n) is 2.66. The predicted octanol–water partition coefficient (Wildman–Crippen LogP) is 2.06. The van der Waals surface area contributed by atoms with E-state index in [2.05, 4.69) is 20.3 Å². The highest BCUT2D eigenvalue weighted by atomic mass is 16.5. The van der Waals surface area contributed by atoms with Gasteiger partial charge < -0.3 is 19.4 Å². The first-order chi connectivity index (χ1) is 13.0. The van der Waals surface area contributed by atoms with E-state index in [9.17, 15) is 4.79 Å². The maximum absolute atomic E-state index is 12.7. The van der Waals surface area contributed by atoms with Crippen LogP contribution in [0.5, 0.6) is 11.5 Å². The summed E-state index contributed by atoms with van der Waals surface area (Å²) >= 11 is 0. The summed E-state index contributed by atoms with van der Waals surface area (Å²) in [7, 11) is 5.02. The van der Waals surface area contributed by atoms with Crippen molar-refractivity contribution in [2.24, 2.45) is 7.05 Å². The third-order valence-corrected chi connectivity index (χ3v) is 4.11. The maximum Gasteiger partial charge on any atom is 0.272 e. The first kappa shape index (κ1) is 18.4. The van der Waals surface area contributed by atoms with Crippen molar-refractivity contribution in [3.8, 4) is 11.5 Å². The lowest BCUT2D eigenvalue weighted by molar-refractivity contribution is 0.0935. The Bertz CT molecular complexity index is 915. The molecule has 0 bridgehead atoms. The largest absolute Gasteiger partial charge is 0.497 e. The minimum atomic E-state index is -0.524. The minimum absolute atomic E-state index is 0.231. The number of amides is 1. The number of nitrogens with one attached hydrogen (secondary N) is 1. The predicted molar refractivity (Wildman–Crippen MR) is 98.8 cm³/mol. The van der Waals surface area contributed by atoms with E-state index >= 15 is 0 Å². The molecular weight excluding hydrogens is 346 g/mol. The fraction of sp³-hybridized carbons (Fsp3) is 0.263. The number of benzene rings is 1. The Hall–Kier alpha value is -3.42. The second-order valence-electron chi connectivity index (χ2n) is 5.99. The summed E-state index contributed by atoms with van der Waals surface area (Å²) in [5.74, 6) is 1.55.